The van der Waals surface area contributed by atoms with Gasteiger partial charge in [0.2, 0.25) is 0 Å². The number of halogens is 1. The first-order valence-electron chi connectivity index (χ1n) is 7.27. The number of nitrogens with one attached hydrogen (secondary N) is 1. The summed E-state index contributed by atoms with van der Waals surface area (Å²) in [6.45, 7) is 6.11. The highest BCUT2D eigenvalue weighted by atomic mass is 127. The highest BCUT2D eigenvalue weighted by Crippen LogP contribution is 2.20. The van der Waals surface area contributed by atoms with Gasteiger partial charge in [-0.05, 0) is 89.9 Å². The van der Waals surface area contributed by atoms with E-state index >= 15 is 0 Å². The maximum absolute atomic E-state index is 12.1. The van der Waals surface area contributed by atoms with E-state index in [1.807, 2.05) is 38.1 Å². The molecule has 0 unspecified atom stereocenters. The van der Waals surface area contributed by atoms with Crippen LogP contribution in [0.1, 0.15) is 23.6 Å². The van der Waals surface area contributed by atoms with Gasteiger partial charge in [-0.2, -0.15) is 0 Å². The molecule has 2 rings (SSSR count). The predicted octanol–water partition coefficient (Wildman–Crippen LogP) is 4.49. The summed E-state index contributed by atoms with van der Waals surface area (Å²) in [5.41, 5.74) is 4.24. The number of hydrogen-bond donors (Lipinski definition) is 1. The Morgan fingerprint density at radius 3 is 2.45 bits per heavy atom. The van der Waals surface area contributed by atoms with E-state index < -0.39 is 0 Å². The summed E-state index contributed by atoms with van der Waals surface area (Å²) in [5.74, 6) is 0.584. The zero-order valence-electron chi connectivity index (χ0n) is 13.1. The maximum Gasteiger partial charge on any atom is 0.262 e. The summed E-state index contributed by atoms with van der Waals surface area (Å²) in [7, 11) is 0. The Hall–Kier alpha value is -1.56. The molecule has 0 heterocycles. The largest absolute Gasteiger partial charge is 0.484 e. The Labute approximate surface area is 145 Å². The fourth-order valence-corrected chi connectivity index (χ4v) is 2.88. The Morgan fingerprint density at radius 1 is 1.14 bits per heavy atom. The minimum Gasteiger partial charge on any atom is -0.484 e. The Kier molecular flexibility index (Phi) is 5.83. The van der Waals surface area contributed by atoms with Crippen LogP contribution in [0.4, 0.5) is 5.69 Å². The summed E-state index contributed by atoms with van der Waals surface area (Å²) in [6, 6.07) is 12.0. The van der Waals surface area contributed by atoms with Crippen molar-refractivity contribution in [2.24, 2.45) is 0 Å². The van der Waals surface area contributed by atoms with Crippen molar-refractivity contribution in [1.82, 2.24) is 0 Å². The van der Waals surface area contributed by atoms with Crippen LogP contribution in [-0.2, 0) is 11.2 Å². The molecule has 0 aliphatic heterocycles. The molecule has 0 aliphatic carbocycles. The van der Waals surface area contributed by atoms with Gasteiger partial charge in [-0.25, -0.2) is 0 Å². The van der Waals surface area contributed by atoms with Crippen molar-refractivity contribution in [2.75, 3.05) is 11.9 Å². The minimum absolute atomic E-state index is 0.0119. The first kappa shape index (κ1) is 16.8. The second-order valence-electron chi connectivity index (χ2n) is 5.32. The van der Waals surface area contributed by atoms with E-state index in [2.05, 4.69) is 47.0 Å². The second-order valence-corrected chi connectivity index (χ2v) is 6.56. The van der Waals surface area contributed by atoms with E-state index in [1.54, 1.807) is 0 Å². The lowest BCUT2D eigenvalue weighted by atomic mass is 10.1. The molecule has 1 N–H and O–H groups in total. The fraction of sp³-hybridized carbons (Fsp3) is 0.278. The fourth-order valence-electron chi connectivity index (χ4n) is 2.33. The molecule has 0 spiro atoms. The van der Waals surface area contributed by atoms with Crippen molar-refractivity contribution in [3.05, 3.63) is 56.7 Å². The molecule has 22 heavy (non-hydrogen) atoms. The minimum atomic E-state index is -0.143. The lowest BCUT2D eigenvalue weighted by molar-refractivity contribution is -0.118. The standard InChI is InChI=1S/C18H20INO2/c1-4-14-10-15(19)5-6-17(14)20-18(21)11-22-16-8-12(2)7-13(3)9-16/h5-10H,4,11H2,1-3H3,(H,20,21). The molecule has 116 valence electrons. The first-order chi connectivity index (χ1) is 10.5. The molecule has 0 aromatic heterocycles. The van der Waals surface area contributed by atoms with Crippen LogP contribution < -0.4 is 10.1 Å². The average Bonchev–Trinajstić information content (AvgIpc) is 2.46. The van der Waals surface area contributed by atoms with Crippen LogP contribution in [0, 0.1) is 17.4 Å². The summed E-state index contributed by atoms with van der Waals surface area (Å²) >= 11 is 2.27. The van der Waals surface area contributed by atoms with Gasteiger partial charge in [-0.1, -0.05) is 13.0 Å². The molecular weight excluding hydrogens is 389 g/mol. The van der Waals surface area contributed by atoms with Crippen LogP contribution >= 0.6 is 22.6 Å². The normalized spacial score (nSPS) is 10.4. The highest BCUT2D eigenvalue weighted by molar-refractivity contribution is 14.1. The van der Waals surface area contributed by atoms with Crippen molar-refractivity contribution in [3.8, 4) is 5.75 Å². The summed E-state index contributed by atoms with van der Waals surface area (Å²) in [6.07, 6.45) is 0.879. The lowest BCUT2D eigenvalue weighted by Gasteiger charge is -2.12. The highest BCUT2D eigenvalue weighted by Gasteiger charge is 2.08. The Morgan fingerprint density at radius 2 is 1.82 bits per heavy atom. The van der Waals surface area contributed by atoms with Crippen LogP contribution in [0.5, 0.6) is 5.75 Å². The molecule has 0 bridgehead atoms. The van der Waals surface area contributed by atoms with Crippen molar-refractivity contribution in [1.29, 1.82) is 0 Å². The van der Waals surface area contributed by atoms with Crippen molar-refractivity contribution in [2.45, 2.75) is 27.2 Å². The van der Waals surface area contributed by atoms with Gasteiger partial charge in [0.15, 0.2) is 6.61 Å². The molecular formula is C18H20INO2. The van der Waals surface area contributed by atoms with E-state index in [4.69, 9.17) is 4.74 Å². The third kappa shape index (κ3) is 4.73. The quantitative estimate of drug-likeness (QED) is 0.740. The van der Waals surface area contributed by atoms with E-state index in [0.717, 1.165) is 34.5 Å². The number of anilines is 1. The van der Waals surface area contributed by atoms with Gasteiger partial charge in [-0.15, -0.1) is 0 Å². The topological polar surface area (TPSA) is 38.3 Å². The molecule has 2 aromatic carbocycles. The van der Waals surface area contributed by atoms with Crippen LogP contribution in [0.15, 0.2) is 36.4 Å². The van der Waals surface area contributed by atoms with Gasteiger partial charge >= 0.3 is 0 Å². The van der Waals surface area contributed by atoms with Gasteiger partial charge < -0.3 is 10.1 Å². The average molecular weight is 409 g/mol. The number of aryl methyl sites for hydroxylation is 3. The van der Waals surface area contributed by atoms with Gasteiger partial charge in [0.05, 0.1) is 0 Å². The molecule has 0 radical (unpaired) electrons. The molecule has 3 nitrogen and oxygen atoms in total. The summed E-state index contributed by atoms with van der Waals surface area (Å²) in [4.78, 5) is 12.1. The monoisotopic (exact) mass is 409 g/mol. The molecule has 4 heteroatoms. The van der Waals surface area contributed by atoms with Crippen LogP contribution in [0.3, 0.4) is 0 Å². The third-order valence-electron chi connectivity index (χ3n) is 3.29. The summed E-state index contributed by atoms with van der Waals surface area (Å²) in [5, 5.41) is 2.92. The maximum atomic E-state index is 12.1. The van der Waals surface area contributed by atoms with Crippen LogP contribution in [0.25, 0.3) is 0 Å². The molecule has 0 fully saturated rings. The number of benzene rings is 2. The Balaban J connectivity index is 1.98. The van der Waals surface area contributed by atoms with Gasteiger partial charge in [0.25, 0.3) is 5.91 Å². The predicted molar refractivity (Wildman–Crippen MR) is 98.6 cm³/mol. The molecule has 0 saturated heterocycles. The number of carbonyl (C=O) groups is 1. The van der Waals surface area contributed by atoms with Crippen molar-refractivity contribution in [3.63, 3.8) is 0 Å². The Bertz CT molecular complexity index is 663. The first-order valence-corrected chi connectivity index (χ1v) is 8.35. The lowest BCUT2D eigenvalue weighted by Crippen LogP contribution is -2.21. The van der Waals surface area contributed by atoms with Crippen molar-refractivity contribution < 1.29 is 9.53 Å². The summed E-state index contributed by atoms with van der Waals surface area (Å²) < 4.78 is 6.75. The molecule has 0 saturated carbocycles. The third-order valence-corrected chi connectivity index (χ3v) is 3.96. The number of ether oxygens (including phenoxy) is 1. The van der Waals surface area contributed by atoms with Gasteiger partial charge in [0, 0.05) is 9.26 Å². The van der Waals surface area contributed by atoms with Gasteiger partial charge in [0.1, 0.15) is 5.75 Å². The van der Waals surface area contributed by atoms with Crippen LogP contribution in [-0.4, -0.2) is 12.5 Å². The zero-order chi connectivity index (χ0) is 16.1. The number of amides is 1. The number of hydrogen-bond acceptors (Lipinski definition) is 2. The molecule has 0 atom stereocenters. The molecule has 1 amide bonds. The van der Waals surface area contributed by atoms with Crippen molar-refractivity contribution >= 4 is 34.2 Å². The van der Waals surface area contributed by atoms with E-state index in [-0.39, 0.29) is 12.5 Å². The zero-order valence-corrected chi connectivity index (χ0v) is 15.2. The van der Waals surface area contributed by atoms with E-state index in [9.17, 15) is 4.79 Å². The molecule has 2 aromatic rings. The SMILES string of the molecule is CCc1cc(I)ccc1NC(=O)COc1cc(C)cc(C)c1. The van der Waals surface area contributed by atoms with Gasteiger partial charge in [-0.3, -0.25) is 4.79 Å². The van der Waals surface area contributed by atoms with E-state index in [0.29, 0.717) is 0 Å². The second kappa shape index (κ2) is 7.63. The number of rotatable bonds is 5. The molecule has 0 aliphatic rings. The van der Waals surface area contributed by atoms with E-state index in [1.165, 1.54) is 3.57 Å². The van der Waals surface area contributed by atoms with Crippen LogP contribution in [0.2, 0.25) is 0 Å². The number of carbonyl (C=O) groups excluding carboxylic acids is 1. The smallest absolute Gasteiger partial charge is 0.262 e.